The Morgan fingerprint density at radius 2 is 0.894 bits per heavy atom. The zero-order valence-electron chi connectivity index (χ0n) is 25.8. The number of nitrogens with one attached hydrogen (secondary N) is 2. The smallest absolute Gasteiger partial charge is 0.339 e. The highest BCUT2D eigenvalue weighted by Crippen LogP contribution is 2.39. The van der Waals surface area contributed by atoms with Crippen molar-refractivity contribution in [2.45, 2.75) is 32.1 Å². The maximum Gasteiger partial charge on any atom is 0.339 e. The van der Waals surface area contributed by atoms with Crippen molar-refractivity contribution in [3.05, 3.63) is 104 Å². The van der Waals surface area contributed by atoms with E-state index in [9.17, 15) is 9.59 Å². The van der Waals surface area contributed by atoms with E-state index in [1.54, 1.807) is 60.7 Å². The second kappa shape index (κ2) is 17.9. The molecule has 0 aliphatic rings. The molecule has 47 heavy (non-hydrogen) atoms. The zero-order valence-corrected chi connectivity index (χ0v) is 28.9. The van der Waals surface area contributed by atoms with Crippen LogP contribution in [0.5, 0.6) is 11.5 Å². The summed E-state index contributed by atoms with van der Waals surface area (Å²) in [5.41, 5.74) is 3.16. The van der Waals surface area contributed by atoms with Crippen molar-refractivity contribution in [1.82, 2.24) is 0 Å². The summed E-state index contributed by atoms with van der Waals surface area (Å²) in [6, 6.07) is 20.8. The van der Waals surface area contributed by atoms with Crippen LogP contribution in [0.15, 0.2) is 72.8 Å². The number of rotatable bonds is 16. The molecule has 12 heteroatoms. The predicted octanol–water partition coefficient (Wildman–Crippen LogP) is 10.8. The molecule has 4 rings (SSSR count). The molecule has 0 spiro atoms. The van der Waals surface area contributed by atoms with E-state index in [0.29, 0.717) is 78.7 Å². The van der Waals surface area contributed by atoms with Gasteiger partial charge in [-0.3, -0.25) is 0 Å². The minimum Gasteiger partial charge on any atom is -0.490 e. The van der Waals surface area contributed by atoms with Crippen LogP contribution in [0.3, 0.4) is 0 Å². The van der Waals surface area contributed by atoms with E-state index < -0.39 is 11.9 Å². The van der Waals surface area contributed by atoms with Gasteiger partial charge in [-0.2, -0.15) is 0 Å². The van der Waals surface area contributed by atoms with E-state index in [4.69, 9.17) is 65.4 Å². The van der Waals surface area contributed by atoms with Gasteiger partial charge in [0.25, 0.3) is 0 Å². The maximum atomic E-state index is 12.1. The molecule has 8 nitrogen and oxygen atoms in total. The largest absolute Gasteiger partial charge is 0.490 e. The van der Waals surface area contributed by atoms with Crippen molar-refractivity contribution in [3.63, 3.8) is 0 Å². The number of ether oxygens (including phenoxy) is 4. The lowest BCUT2D eigenvalue weighted by Crippen LogP contribution is -2.05. The Balaban J connectivity index is 1.17. The number of hydrogen-bond acceptors (Lipinski definition) is 8. The summed E-state index contributed by atoms with van der Waals surface area (Å²) in [4.78, 5) is 24.1. The second-order valence-electron chi connectivity index (χ2n) is 10.3. The van der Waals surface area contributed by atoms with E-state index >= 15 is 0 Å². The Bertz CT molecular complexity index is 1530. The van der Waals surface area contributed by atoms with Crippen molar-refractivity contribution in [3.8, 4) is 11.5 Å². The molecule has 0 radical (unpaired) electrons. The average Bonchev–Trinajstić information content (AvgIpc) is 3.05. The first-order chi connectivity index (χ1) is 22.7. The number of unbranched alkanes of at least 4 members (excludes halogenated alkanes) is 4. The van der Waals surface area contributed by atoms with Crippen LogP contribution in [-0.4, -0.2) is 39.4 Å². The number of benzene rings is 4. The number of methoxy groups -OCH3 is 2. The van der Waals surface area contributed by atoms with Crippen LogP contribution in [0, 0.1) is 0 Å². The van der Waals surface area contributed by atoms with Gasteiger partial charge in [-0.25, -0.2) is 9.59 Å². The lowest BCUT2D eigenvalue weighted by molar-refractivity contribution is 0.0593. The van der Waals surface area contributed by atoms with E-state index in [-0.39, 0.29) is 0 Å². The highest BCUT2D eigenvalue weighted by molar-refractivity contribution is 6.38. The fraction of sp³-hybridized carbons (Fsp3) is 0.257. The molecule has 0 atom stereocenters. The van der Waals surface area contributed by atoms with Gasteiger partial charge in [0, 0.05) is 11.4 Å². The lowest BCUT2D eigenvalue weighted by atomic mass is 10.1. The molecule has 0 amide bonds. The molecule has 0 heterocycles. The Labute approximate surface area is 294 Å². The number of esters is 2. The fourth-order valence-electron chi connectivity index (χ4n) is 4.69. The molecule has 0 saturated heterocycles. The molecule has 0 bridgehead atoms. The van der Waals surface area contributed by atoms with Crippen LogP contribution in [0.25, 0.3) is 0 Å². The fourth-order valence-corrected chi connectivity index (χ4v) is 5.89. The minimum atomic E-state index is -0.451. The normalized spacial score (nSPS) is 10.7. The summed E-state index contributed by atoms with van der Waals surface area (Å²) >= 11 is 25.9. The molecule has 0 saturated carbocycles. The highest BCUT2D eigenvalue weighted by Gasteiger charge is 2.16. The van der Waals surface area contributed by atoms with Gasteiger partial charge in [-0.05, 0) is 61.4 Å². The quantitative estimate of drug-likeness (QED) is 0.0873. The topological polar surface area (TPSA) is 95.1 Å². The molecule has 4 aromatic carbocycles. The van der Waals surface area contributed by atoms with Crippen LogP contribution in [0.2, 0.25) is 20.1 Å². The first kappa shape index (κ1) is 36.0. The summed E-state index contributed by atoms with van der Waals surface area (Å²) in [6.45, 7) is 0.924. The summed E-state index contributed by atoms with van der Waals surface area (Å²) in [5, 5.41) is 7.77. The van der Waals surface area contributed by atoms with E-state index in [1.807, 2.05) is 12.1 Å². The third-order valence-electron chi connectivity index (χ3n) is 7.00. The SMILES string of the molecule is COC(=O)c1ccccc1Nc1cc(Cl)c(OCCCCCCCOc2c(Cl)cc(Nc3ccccc3C(=O)OC)cc2Cl)c(Cl)c1. The van der Waals surface area contributed by atoms with Crippen molar-refractivity contribution in [1.29, 1.82) is 0 Å². The number of para-hydroxylation sites is 2. The molecule has 0 aliphatic heterocycles. The Kier molecular flexibility index (Phi) is 13.7. The first-order valence-corrected chi connectivity index (χ1v) is 16.4. The lowest BCUT2D eigenvalue weighted by Gasteiger charge is -2.15. The molecule has 4 aromatic rings. The molecule has 0 unspecified atom stereocenters. The zero-order chi connectivity index (χ0) is 33.8. The van der Waals surface area contributed by atoms with Gasteiger partial charge in [-0.15, -0.1) is 0 Å². The van der Waals surface area contributed by atoms with Crippen LogP contribution < -0.4 is 20.1 Å². The maximum absolute atomic E-state index is 12.1. The number of carbonyl (C=O) groups is 2. The molecule has 0 aromatic heterocycles. The monoisotopic (exact) mass is 718 g/mol. The number of halogens is 4. The summed E-state index contributed by atoms with van der Waals surface area (Å²) in [5.74, 6) is -0.0766. The van der Waals surface area contributed by atoms with Gasteiger partial charge in [0.15, 0.2) is 11.5 Å². The summed E-state index contributed by atoms with van der Waals surface area (Å²) in [6.07, 6.45) is 4.54. The minimum absolute atomic E-state index is 0.361. The highest BCUT2D eigenvalue weighted by atomic mass is 35.5. The molecule has 0 aliphatic carbocycles. The van der Waals surface area contributed by atoms with Gasteiger partial charge in [0.2, 0.25) is 0 Å². The van der Waals surface area contributed by atoms with E-state index in [0.717, 1.165) is 32.1 Å². The third kappa shape index (κ3) is 10.1. The second-order valence-corrected chi connectivity index (χ2v) is 12.0. The summed E-state index contributed by atoms with van der Waals surface area (Å²) < 4.78 is 21.5. The van der Waals surface area contributed by atoms with Crippen LogP contribution in [0.1, 0.15) is 52.8 Å². The van der Waals surface area contributed by atoms with Crippen molar-refractivity contribution >= 4 is 81.1 Å². The van der Waals surface area contributed by atoms with Crippen LogP contribution in [-0.2, 0) is 9.47 Å². The Morgan fingerprint density at radius 1 is 0.553 bits per heavy atom. The van der Waals surface area contributed by atoms with Gasteiger partial charge in [0.05, 0.1) is 70.0 Å². The van der Waals surface area contributed by atoms with Gasteiger partial charge in [-0.1, -0.05) is 89.9 Å². The van der Waals surface area contributed by atoms with Crippen molar-refractivity contribution < 1.29 is 28.5 Å². The van der Waals surface area contributed by atoms with Gasteiger partial charge < -0.3 is 29.6 Å². The summed E-state index contributed by atoms with van der Waals surface area (Å²) in [7, 11) is 2.66. The average molecular weight is 720 g/mol. The van der Waals surface area contributed by atoms with E-state index in [1.165, 1.54) is 14.2 Å². The Morgan fingerprint density at radius 3 is 1.26 bits per heavy atom. The van der Waals surface area contributed by atoms with E-state index in [2.05, 4.69) is 10.6 Å². The third-order valence-corrected chi connectivity index (χ3v) is 8.12. The van der Waals surface area contributed by atoms with Crippen LogP contribution >= 0.6 is 46.4 Å². The number of anilines is 4. The molecule has 0 fully saturated rings. The van der Waals surface area contributed by atoms with Gasteiger partial charge >= 0.3 is 11.9 Å². The van der Waals surface area contributed by atoms with Crippen molar-refractivity contribution in [2.75, 3.05) is 38.1 Å². The van der Waals surface area contributed by atoms with Gasteiger partial charge in [0.1, 0.15) is 0 Å². The molecule has 248 valence electrons. The van der Waals surface area contributed by atoms with Crippen LogP contribution in [0.4, 0.5) is 22.7 Å². The molecule has 2 N–H and O–H groups in total. The Hall–Kier alpha value is -3.82. The van der Waals surface area contributed by atoms with Crippen molar-refractivity contribution in [2.24, 2.45) is 0 Å². The molecular formula is C35H34Cl4N2O6. The molecular weight excluding hydrogens is 686 g/mol. The first-order valence-electron chi connectivity index (χ1n) is 14.8. The standard InChI is InChI=1S/C35H34Cl4N2O6/c1-44-34(42)24-12-6-8-14-30(24)40-22-18-26(36)32(27(37)19-22)46-16-10-4-3-5-11-17-47-33-28(38)20-23(21-29(33)39)41-31-15-9-7-13-25(31)35(43)45-2/h6-9,12-15,18-21,40-41H,3-5,10-11,16-17H2,1-2H3. The number of hydrogen-bond donors (Lipinski definition) is 2. The predicted molar refractivity (Wildman–Crippen MR) is 189 cm³/mol. The number of carbonyl (C=O) groups excluding carboxylic acids is 2.